The van der Waals surface area contributed by atoms with Crippen LogP contribution >= 0.6 is 0 Å². The molecule has 5 rings (SSSR count). The number of piperazine rings is 1. The number of fused-ring (bicyclic) bond motifs is 1. The van der Waals surface area contributed by atoms with Crippen LogP contribution < -0.4 is 5.73 Å². The summed E-state index contributed by atoms with van der Waals surface area (Å²) in [6.07, 6.45) is 3.92. The zero-order chi connectivity index (χ0) is 22.3. The van der Waals surface area contributed by atoms with Gasteiger partial charge in [-0.2, -0.15) is 0 Å². The molecule has 2 amide bonds. The topological polar surface area (TPSA) is 103 Å². The summed E-state index contributed by atoms with van der Waals surface area (Å²) in [7, 11) is 0. The van der Waals surface area contributed by atoms with Crippen molar-refractivity contribution >= 4 is 22.7 Å². The van der Waals surface area contributed by atoms with E-state index in [0.717, 1.165) is 34.0 Å². The standard InChI is InChI=1S/C25H28N4O3/c26-15-20-16-27-22-7-6-19(14-21(20)22)17-2-4-18(5-3-17)23(30)28-10-12-29(13-11-28)24(31)25(32)8-1-9-25/h2-7,14,16,27,32H,1,8-13,15,26H2. The Morgan fingerprint density at radius 1 is 0.969 bits per heavy atom. The smallest absolute Gasteiger partial charge is 0.254 e. The van der Waals surface area contributed by atoms with E-state index in [1.54, 1.807) is 9.80 Å². The van der Waals surface area contributed by atoms with E-state index in [2.05, 4.69) is 17.1 Å². The first-order valence-corrected chi connectivity index (χ1v) is 11.2. The van der Waals surface area contributed by atoms with Crippen molar-refractivity contribution in [2.75, 3.05) is 26.2 Å². The molecule has 7 nitrogen and oxygen atoms in total. The summed E-state index contributed by atoms with van der Waals surface area (Å²) in [5.41, 5.74) is 9.55. The van der Waals surface area contributed by atoms with E-state index in [-0.39, 0.29) is 11.8 Å². The van der Waals surface area contributed by atoms with Crippen LogP contribution in [0, 0.1) is 0 Å². The Morgan fingerprint density at radius 3 is 2.25 bits per heavy atom. The molecular weight excluding hydrogens is 404 g/mol. The van der Waals surface area contributed by atoms with Gasteiger partial charge in [0.15, 0.2) is 0 Å². The van der Waals surface area contributed by atoms with Crippen LogP contribution in [0.15, 0.2) is 48.7 Å². The van der Waals surface area contributed by atoms with Gasteiger partial charge >= 0.3 is 0 Å². The second-order valence-electron chi connectivity index (χ2n) is 8.83. The largest absolute Gasteiger partial charge is 0.380 e. The van der Waals surface area contributed by atoms with Crippen LogP contribution in [-0.4, -0.2) is 63.5 Å². The van der Waals surface area contributed by atoms with Gasteiger partial charge in [0.1, 0.15) is 5.60 Å². The van der Waals surface area contributed by atoms with Gasteiger partial charge in [0, 0.05) is 55.4 Å². The van der Waals surface area contributed by atoms with E-state index >= 15 is 0 Å². The number of aliphatic hydroxyl groups is 1. The van der Waals surface area contributed by atoms with Crippen LogP contribution in [0.3, 0.4) is 0 Å². The fraction of sp³-hybridized carbons (Fsp3) is 0.360. The minimum atomic E-state index is -1.17. The highest BCUT2D eigenvalue weighted by atomic mass is 16.3. The number of carbonyl (C=O) groups is 2. The molecule has 7 heteroatoms. The van der Waals surface area contributed by atoms with Crippen molar-refractivity contribution in [3.63, 3.8) is 0 Å². The molecule has 2 heterocycles. The van der Waals surface area contributed by atoms with Gasteiger partial charge in [-0.05, 0) is 60.2 Å². The van der Waals surface area contributed by atoms with Crippen molar-refractivity contribution in [3.8, 4) is 11.1 Å². The molecule has 2 aliphatic rings. The molecule has 1 aliphatic heterocycles. The van der Waals surface area contributed by atoms with Gasteiger partial charge in [-0.15, -0.1) is 0 Å². The van der Waals surface area contributed by atoms with Crippen molar-refractivity contribution in [2.24, 2.45) is 5.73 Å². The number of benzene rings is 2. The molecule has 1 aliphatic carbocycles. The molecule has 1 aromatic heterocycles. The highest BCUT2D eigenvalue weighted by Crippen LogP contribution is 2.33. The van der Waals surface area contributed by atoms with Crippen molar-refractivity contribution in [1.82, 2.24) is 14.8 Å². The van der Waals surface area contributed by atoms with E-state index < -0.39 is 5.60 Å². The third kappa shape index (κ3) is 3.57. The molecule has 1 saturated carbocycles. The van der Waals surface area contributed by atoms with Crippen molar-refractivity contribution in [2.45, 2.75) is 31.4 Å². The van der Waals surface area contributed by atoms with Gasteiger partial charge < -0.3 is 25.6 Å². The monoisotopic (exact) mass is 432 g/mol. The van der Waals surface area contributed by atoms with Crippen LogP contribution in [0.1, 0.15) is 35.2 Å². The molecule has 166 valence electrons. The fourth-order valence-electron chi connectivity index (χ4n) is 4.65. The highest BCUT2D eigenvalue weighted by Gasteiger charge is 2.45. The average Bonchev–Trinajstić information content (AvgIpc) is 3.24. The van der Waals surface area contributed by atoms with Crippen LogP contribution in [0.2, 0.25) is 0 Å². The van der Waals surface area contributed by atoms with Crippen molar-refractivity contribution < 1.29 is 14.7 Å². The lowest BCUT2D eigenvalue weighted by Gasteiger charge is -2.42. The Bertz CT molecular complexity index is 1160. The summed E-state index contributed by atoms with van der Waals surface area (Å²) in [5, 5.41) is 11.4. The molecule has 2 fully saturated rings. The minimum absolute atomic E-state index is 0.0301. The van der Waals surface area contributed by atoms with Gasteiger partial charge in [0.05, 0.1) is 0 Å². The molecule has 1 saturated heterocycles. The molecule has 0 unspecified atom stereocenters. The molecule has 0 radical (unpaired) electrons. The number of aromatic nitrogens is 1. The number of H-pyrrole nitrogens is 1. The number of nitrogens with zero attached hydrogens (tertiary/aromatic N) is 2. The molecule has 4 N–H and O–H groups in total. The summed E-state index contributed by atoms with van der Waals surface area (Å²) in [5.74, 6) is -0.213. The maximum Gasteiger partial charge on any atom is 0.254 e. The summed E-state index contributed by atoms with van der Waals surface area (Å²) in [4.78, 5) is 32.2. The SMILES string of the molecule is NCc1c[nH]c2ccc(-c3ccc(C(=O)N4CCN(C(=O)C5(O)CCC5)CC4)cc3)cc12. The zero-order valence-corrected chi connectivity index (χ0v) is 18.0. The predicted molar refractivity (Wildman–Crippen MR) is 123 cm³/mol. The number of rotatable bonds is 4. The van der Waals surface area contributed by atoms with Crippen molar-refractivity contribution in [3.05, 3.63) is 59.8 Å². The zero-order valence-electron chi connectivity index (χ0n) is 18.0. The van der Waals surface area contributed by atoms with Crippen LogP contribution in [0.25, 0.3) is 22.0 Å². The molecular formula is C25H28N4O3. The molecule has 2 aromatic carbocycles. The lowest BCUT2D eigenvalue weighted by atomic mass is 9.79. The van der Waals surface area contributed by atoms with Crippen LogP contribution in [0.5, 0.6) is 0 Å². The molecule has 0 spiro atoms. The van der Waals surface area contributed by atoms with Gasteiger partial charge in [0.2, 0.25) is 0 Å². The number of amides is 2. The summed E-state index contributed by atoms with van der Waals surface area (Å²) >= 11 is 0. The van der Waals surface area contributed by atoms with Gasteiger partial charge in [-0.1, -0.05) is 18.2 Å². The van der Waals surface area contributed by atoms with Gasteiger partial charge in [-0.25, -0.2) is 0 Å². The van der Waals surface area contributed by atoms with Gasteiger partial charge in [-0.3, -0.25) is 9.59 Å². The summed E-state index contributed by atoms with van der Waals surface area (Å²) < 4.78 is 0. The quantitative estimate of drug-likeness (QED) is 0.589. The first-order valence-electron chi connectivity index (χ1n) is 11.2. The molecule has 0 atom stereocenters. The number of hydrogen-bond acceptors (Lipinski definition) is 4. The van der Waals surface area contributed by atoms with E-state index in [0.29, 0.717) is 51.1 Å². The Balaban J connectivity index is 1.25. The van der Waals surface area contributed by atoms with Crippen LogP contribution in [0.4, 0.5) is 0 Å². The van der Waals surface area contributed by atoms with E-state index in [1.165, 1.54) is 0 Å². The van der Waals surface area contributed by atoms with E-state index in [1.807, 2.05) is 36.5 Å². The Hall–Kier alpha value is -3.16. The Morgan fingerprint density at radius 2 is 1.62 bits per heavy atom. The first-order chi connectivity index (χ1) is 15.5. The van der Waals surface area contributed by atoms with Gasteiger partial charge in [0.25, 0.3) is 11.8 Å². The third-order valence-electron chi connectivity index (χ3n) is 6.89. The maximum atomic E-state index is 13.0. The van der Waals surface area contributed by atoms with Crippen molar-refractivity contribution in [1.29, 1.82) is 0 Å². The fourth-order valence-corrected chi connectivity index (χ4v) is 4.65. The number of hydrogen-bond donors (Lipinski definition) is 3. The maximum absolute atomic E-state index is 13.0. The minimum Gasteiger partial charge on any atom is -0.380 e. The Labute approximate surface area is 186 Å². The van der Waals surface area contributed by atoms with E-state index in [4.69, 9.17) is 5.73 Å². The number of aromatic amines is 1. The third-order valence-corrected chi connectivity index (χ3v) is 6.89. The number of carbonyl (C=O) groups excluding carboxylic acids is 2. The predicted octanol–water partition coefficient (Wildman–Crippen LogP) is 2.49. The molecule has 0 bridgehead atoms. The highest BCUT2D eigenvalue weighted by molar-refractivity contribution is 5.95. The average molecular weight is 433 g/mol. The first kappa shape index (κ1) is 20.7. The lowest BCUT2D eigenvalue weighted by Crippen LogP contribution is -2.58. The normalized spacial score (nSPS) is 17.9. The Kier molecular flexibility index (Phi) is 5.23. The summed E-state index contributed by atoms with van der Waals surface area (Å²) in [6, 6.07) is 13.9. The van der Waals surface area contributed by atoms with Crippen LogP contribution in [-0.2, 0) is 11.3 Å². The summed E-state index contributed by atoms with van der Waals surface area (Å²) in [6.45, 7) is 2.37. The number of nitrogens with one attached hydrogen (secondary N) is 1. The second kappa shape index (κ2) is 8.07. The van der Waals surface area contributed by atoms with E-state index in [9.17, 15) is 14.7 Å². The lowest BCUT2D eigenvalue weighted by molar-refractivity contribution is -0.161. The molecule has 32 heavy (non-hydrogen) atoms. The second-order valence-corrected chi connectivity index (χ2v) is 8.83. The molecule has 3 aromatic rings. The number of nitrogens with two attached hydrogens (primary N) is 1.